The fourth-order valence-electron chi connectivity index (χ4n) is 1.46. The van der Waals surface area contributed by atoms with E-state index in [1.54, 1.807) is 24.3 Å². The molecule has 1 aromatic carbocycles. The molecule has 1 N–H and O–H groups in total. The van der Waals surface area contributed by atoms with Crippen LogP contribution in [0.3, 0.4) is 0 Å². The summed E-state index contributed by atoms with van der Waals surface area (Å²) in [6.45, 7) is 0. The number of nitrogens with one attached hydrogen (secondary N) is 1. The molecule has 0 radical (unpaired) electrons. The molecule has 0 aliphatic rings. The van der Waals surface area contributed by atoms with E-state index in [0.29, 0.717) is 5.75 Å². The molecule has 0 atom stereocenters. The molecule has 21 heavy (non-hydrogen) atoms. The maximum Gasteiger partial charge on any atom is 0.340 e. The molecule has 7 heteroatoms. The number of allylic oxidation sites excluding steroid dienone is 2. The summed E-state index contributed by atoms with van der Waals surface area (Å²) in [4.78, 5) is 11.7. The second kappa shape index (κ2) is 7.18. The Kier molecular flexibility index (Phi) is 5.32. The second-order valence-corrected chi connectivity index (χ2v) is 3.61. The smallest absolute Gasteiger partial charge is 0.340 e. The van der Waals surface area contributed by atoms with Crippen molar-refractivity contribution < 1.29 is 14.3 Å². The Balaban J connectivity index is 3.36. The molecule has 0 aliphatic heterocycles. The average Bonchev–Trinajstić information content (AvgIpc) is 2.54. The van der Waals surface area contributed by atoms with Gasteiger partial charge in [-0.05, 0) is 18.2 Å². The third-order valence-corrected chi connectivity index (χ3v) is 2.48. The van der Waals surface area contributed by atoms with Gasteiger partial charge in [-0.1, -0.05) is 0 Å². The van der Waals surface area contributed by atoms with Crippen LogP contribution in [0.2, 0.25) is 0 Å². The molecule has 0 saturated heterocycles. The van der Waals surface area contributed by atoms with Gasteiger partial charge in [0.05, 0.1) is 25.5 Å². The predicted octanol–water partition coefficient (Wildman–Crippen LogP) is 1.72. The molecular formula is C14H10N4O3. The summed E-state index contributed by atoms with van der Waals surface area (Å²) in [5, 5.41) is 29.1. The van der Waals surface area contributed by atoms with Crippen molar-refractivity contribution in [2.24, 2.45) is 0 Å². The molecule has 0 bridgehead atoms. The number of carbonyl (C=O) groups is 1. The van der Waals surface area contributed by atoms with Crippen molar-refractivity contribution >= 4 is 11.7 Å². The number of anilines is 1. The fraction of sp³-hybridized carbons (Fsp3) is 0.143. The van der Waals surface area contributed by atoms with E-state index >= 15 is 0 Å². The van der Waals surface area contributed by atoms with Gasteiger partial charge in [-0.2, -0.15) is 15.8 Å². The van der Waals surface area contributed by atoms with E-state index in [0.717, 1.165) is 0 Å². The standard InChI is InChI=1S/C14H10N4O3/c1-20-10-3-4-12(11(5-10)14(19)21-2)18-13(8-17)9(6-15)7-16/h3-5,18H,1-2H3. The van der Waals surface area contributed by atoms with Gasteiger partial charge in [-0.3, -0.25) is 0 Å². The first-order chi connectivity index (χ1) is 10.1. The number of nitriles is 3. The highest BCUT2D eigenvalue weighted by Gasteiger charge is 2.15. The van der Waals surface area contributed by atoms with Gasteiger partial charge in [-0.15, -0.1) is 0 Å². The maximum absolute atomic E-state index is 11.7. The molecule has 0 heterocycles. The minimum absolute atomic E-state index is 0.111. The maximum atomic E-state index is 11.7. The molecule has 0 spiro atoms. The van der Waals surface area contributed by atoms with Crippen molar-refractivity contribution in [3.05, 3.63) is 35.0 Å². The van der Waals surface area contributed by atoms with Crippen molar-refractivity contribution in [2.75, 3.05) is 19.5 Å². The lowest BCUT2D eigenvalue weighted by Crippen LogP contribution is -2.09. The molecule has 0 aromatic heterocycles. The van der Waals surface area contributed by atoms with E-state index < -0.39 is 5.97 Å². The van der Waals surface area contributed by atoms with Crippen LogP contribution in [0.1, 0.15) is 10.4 Å². The van der Waals surface area contributed by atoms with Crippen molar-refractivity contribution in [3.63, 3.8) is 0 Å². The number of rotatable bonds is 4. The molecule has 0 saturated carbocycles. The summed E-state index contributed by atoms with van der Waals surface area (Å²) in [5.74, 6) is -0.228. The first-order valence-corrected chi connectivity index (χ1v) is 5.59. The average molecular weight is 282 g/mol. The molecule has 0 aliphatic carbocycles. The number of hydrogen-bond donors (Lipinski definition) is 1. The molecule has 0 unspecified atom stereocenters. The van der Waals surface area contributed by atoms with Crippen LogP contribution in [0.5, 0.6) is 5.75 Å². The minimum Gasteiger partial charge on any atom is -0.497 e. The molecule has 0 amide bonds. The fourth-order valence-corrected chi connectivity index (χ4v) is 1.46. The van der Waals surface area contributed by atoms with Gasteiger partial charge in [0, 0.05) is 0 Å². The van der Waals surface area contributed by atoms with Crippen LogP contribution in [-0.2, 0) is 4.74 Å². The number of esters is 1. The molecule has 1 aromatic rings. The Labute approximate surface area is 121 Å². The van der Waals surface area contributed by atoms with Crippen LogP contribution in [0.25, 0.3) is 0 Å². The summed E-state index contributed by atoms with van der Waals surface area (Å²) in [5.41, 5.74) is -0.304. The highest BCUT2D eigenvalue weighted by Crippen LogP contribution is 2.24. The quantitative estimate of drug-likeness (QED) is 0.659. The van der Waals surface area contributed by atoms with Crippen molar-refractivity contribution in [3.8, 4) is 24.0 Å². The Morgan fingerprint density at radius 3 is 2.29 bits per heavy atom. The monoisotopic (exact) mass is 282 g/mol. The molecule has 104 valence electrons. The van der Waals surface area contributed by atoms with E-state index in [-0.39, 0.29) is 22.5 Å². The summed E-state index contributed by atoms with van der Waals surface area (Å²) < 4.78 is 9.65. The van der Waals surface area contributed by atoms with Gasteiger partial charge in [-0.25, -0.2) is 4.79 Å². The predicted molar refractivity (Wildman–Crippen MR) is 71.8 cm³/mol. The lowest BCUT2D eigenvalue weighted by atomic mass is 10.1. The van der Waals surface area contributed by atoms with Gasteiger partial charge < -0.3 is 14.8 Å². The van der Waals surface area contributed by atoms with Crippen molar-refractivity contribution in [2.45, 2.75) is 0 Å². The Morgan fingerprint density at radius 1 is 1.14 bits per heavy atom. The largest absolute Gasteiger partial charge is 0.497 e. The lowest BCUT2D eigenvalue weighted by molar-refractivity contribution is 0.0601. The number of benzene rings is 1. The Bertz CT molecular complexity index is 701. The highest BCUT2D eigenvalue weighted by atomic mass is 16.5. The number of carbonyl (C=O) groups excluding carboxylic acids is 1. The van der Waals surface area contributed by atoms with Gasteiger partial charge in [0.15, 0.2) is 5.57 Å². The lowest BCUT2D eigenvalue weighted by Gasteiger charge is -2.11. The molecule has 0 fully saturated rings. The number of hydrogen-bond acceptors (Lipinski definition) is 7. The van der Waals surface area contributed by atoms with Crippen LogP contribution in [0, 0.1) is 34.0 Å². The van der Waals surface area contributed by atoms with Crippen LogP contribution in [0.4, 0.5) is 5.69 Å². The third kappa shape index (κ3) is 3.50. The van der Waals surface area contributed by atoms with E-state index in [4.69, 9.17) is 20.5 Å². The Morgan fingerprint density at radius 2 is 1.81 bits per heavy atom. The van der Waals surface area contributed by atoms with Gasteiger partial charge >= 0.3 is 5.97 Å². The Hall–Kier alpha value is -3.50. The highest BCUT2D eigenvalue weighted by molar-refractivity contribution is 5.96. The number of nitrogens with zero attached hydrogens (tertiary/aromatic N) is 3. The van der Waals surface area contributed by atoms with Gasteiger partial charge in [0.25, 0.3) is 0 Å². The van der Waals surface area contributed by atoms with Crippen molar-refractivity contribution in [1.82, 2.24) is 0 Å². The number of ether oxygens (including phenoxy) is 2. The van der Waals surface area contributed by atoms with E-state index in [2.05, 4.69) is 10.1 Å². The normalized spacial score (nSPS) is 8.52. The second-order valence-electron chi connectivity index (χ2n) is 3.61. The zero-order valence-corrected chi connectivity index (χ0v) is 11.3. The number of methoxy groups -OCH3 is 2. The van der Waals surface area contributed by atoms with E-state index in [9.17, 15) is 4.79 Å². The van der Waals surface area contributed by atoms with Crippen LogP contribution >= 0.6 is 0 Å². The third-order valence-electron chi connectivity index (χ3n) is 2.48. The van der Waals surface area contributed by atoms with Crippen molar-refractivity contribution in [1.29, 1.82) is 15.8 Å². The summed E-state index contributed by atoms with van der Waals surface area (Å²) in [6, 6.07) is 9.36. The zero-order valence-electron chi connectivity index (χ0n) is 11.3. The molecular weight excluding hydrogens is 272 g/mol. The van der Waals surface area contributed by atoms with Gasteiger partial charge in [0.2, 0.25) is 0 Å². The summed E-state index contributed by atoms with van der Waals surface area (Å²) in [6.07, 6.45) is 0. The minimum atomic E-state index is -0.649. The molecule has 1 rings (SSSR count). The first kappa shape index (κ1) is 15.6. The van der Waals surface area contributed by atoms with Crippen LogP contribution < -0.4 is 10.1 Å². The summed E-state index contributed by atoms with van der Waals surface area (Å²) in [7, 11) is 2.65. The first-order valence-electron chi connectivity index (χ1n) is 5.59. The topological polar surface area (TPSA) is 119 Å². The van der Waals surface area contributed by atoms with E-state index in [1.165, 1.54) is 26.4 Å². The summed E-state index contributed by atoms with van der Waals surface area (Å²) >= 11 is 0. The zero-order chi connectivity index (χ0) is 15.8. The van der Waals surface area contributed by atoms with Crippen LogP contribution in [0.15, 0.2) is 29.5 Å². The van der Waals surface area contributed by atoms with Crippen LogP contribution in [-0.4, -0.2) is 20.2 Å². The molecule has 7 nitrogen and oxygen atoms in total. The SMILES string of the molecule is COC(=O)c1cc(OC)ccc1NC(C#N)=C(C#N)C#N. The van der Waals surface area contributed by atoms with Gasteiger partial charge in [0.1, 0.15) is 29.7 Å². The van der Waals surface area contributed by atoms with E-state index in [1.807, 2.05) is 0 Å².